The summed E-state index contributed by atoms with van der Waals surface area (Å²) in [6, 6.07) is 11.6. The lowest BCUT2D eigenvalue weighted by Gasteiger charge is -2.11. The molecule has 0 bridgehead atoms. The molecule has 5 heteroatoms. The summed E-state index contributed by atoms with van der Waals surface area (Å²) < 4.78 is 10.4. The van der Waals surface area contributed by atoms with Crippen molar-refractivity contribution in [3.05, 3.63) is 47.5 Å². The fourth-order valence-electron chi connectivity index (χ4n) is 2.12. The first-order valence-corrected chi connectivity index (χ1v) is 8.24. The van der Waals surface area contributed by atoms with Crippen LogP contribution in [0.1, 0.15) is 11.1 Å². The van der Waals surface area contributed by atoms with Crippen molar-refractivity contribution < 1.29 is 14.3 Å². The van der Waals surface area contributed by atoms with Gasteiger partial charge in [0.15, 0.2) is 11.5 Å². The van der Waals surface area contributed by atoms with Gasteiger partial charge in [-0.3, -0.25) is 4.79 Å². The maximum Gasteiger partial charge on any atom is 0.234 e. The minimum atomic E-state index is -0.0527. The number of amides is 1. The van der Waals surface area contributed by atoms with Gasteiger partial charge in [-0.25, -0.2) is 0 Å². The number of carbonyl (C=O) groups is 1. The Hall–Kier alpha value is -2.14. The Morgan fingerprint density at radius 3 is 2.48 bits per heavy atom. The van der Waals surface area contributed by atoms with Crippen molar-refractivity contribution in [1.82, 2.24) is 0 Å². The first-order chi connectivity index (χ1) is 11.0. The Morgan fingerprint density at radius 2 is 1.78 bits per heavy atom. The second kappa shape index (κ2) is 7.92. The molecule has 2 aromatic rings. The van der Waals surface area contributed by atoms with Gasteiger partial charge < -0.3 is 14.8 Å². The average molecular weight is 331 g/mol. The van der Waals surface area contributed by atoms with E-state index in [1.54, 1.807) is 32.4 Å². The number of rotatable bonds is 6. The Morgan fingerprint density at radius 1 is 1.04 bits per heavy atom. The van der Waals surface area contributed by atoms with Gasteiger partial charge in [-0.05, 0) is 37.6 Å². The number of carbonyl (C=O) groups excluding carboxylic acids is 1. The van der Waals surface area contributed by atoms with Gasteiger partial charge in [0.05, 0.1) is 20.0 Å². The maximum absolute atomic E-state index is 12.1. The lowest BCUT2D eigenvalue weighted by atomic mass is 10.2. The molecule has 0 aliphatic carbocycles. The topological polar surface area (TPSA) is 47.6 Å². The molecule has 0 radical (unpaired) electrons. The van der Waals surface area contributed by atoms with Gasteiger partial charge in [0.1, 0.15) is 0 Å². The van der Waals surface area contributed by atoms with Crippen molar-refractivity contribution in [2.75, 3.05) is 25.3 Å². The van der Waals surface area contributed by atoms with E-state index in [4.69, 9.17) is 9.47 Å². The van der Waals surface area contributed by atoms with Crippen molar-refractivity contribution in [1.29, 1.82) is 0 Å². The molecule has 1 amide bonds. The highest BCUT2D eigenvalue weighted by Crippen LogP contribution is 2.30. The van der Waals surface area contributed by atoms with Gasteiger partial charge in [0.25, 0.3) is 0 Å². The van der Waals surface area contributed by atoms with E-state index < -0.39 is 0 Å². The number of anilines is 1. The third-order valence-electron chi connectivity index (χ3n) is 3.37. The molecular weight excluding hydrogens is 310 g/mol. The molecule has 23 heavy (non-hydrogen) atoms. The van der Waals surface area contributed by atoms with Crippen molar-refractivity contribution in [3.8, 4) is 11.5 Å². The van der Waals surface area contributed by atoms with Crippen LogP contribution >= 0.6 is 11.8 Å². The molecule has 1 N–H and O–H groups in total. The Labute approximate surface area is 141 Å². The van der Waals surface area contributed by atoms with Crippen LogP contribution in [0.4, 0.5) is 5.69 Å². The van der Waals surface area contributed by atoms with Gasteiger partial charge in [0.2, 0.25) is 5.91 Å². The lowest BCUT2D eigenvalue weighted by molar-refractivity contribution is -0.113. The smallest absolute Gasteiger partial charge is 0.234 e. The molecule has 0 saturated heterocycles. The summed E-state index contributed by atoms with van der Waals surface area (Å²) in [5, 5.41) is 2.88. The standard InChI is InChI=1S/C18H21NO3S/c1-12-5-6-13(2)17(9-12)23-11-18(20)19-14-7-8-15(21-3)16(10-14)22-4/h5-10H,11H2,1-4H3,(H,19,20). The van der Waals surface area contributed by atoms with E-state index in [0.717, 1.165) is 4.90 Å². The molecule has 0 unspecified atom stereocenters. The molecule has 0 spiro atoms. The molecule has 0 heterocycles. The number of ether oxygens (including phenoxy) is 2. The van der Waals surface area contributed by atoms with Crippen LogP contribution in [-0.2, 0) is 4.79 Å². The highest BCUT2D eigenvalue weighted by Gasteiger charge is 2.09. The highest BCUT2D eigenvalue weighted by atomic mass is 32.2. The summed E-state index contributed by atoms with van der Waals surface area (Å²) in [6.07, 6.45) is 0. The van der Waals surface area contributed by atoms with Crippen LogP contribution in [0.15, 0.2) is 41.3 Å². The quantitative estimate of drug-likeness (QED) is 0.811. The van der Waals surface area contributed by atoms with E-state index in [1.165, 1.54) is 22.9 Å². The number of benzene rings is 2. The highest BCUT2D eigenvalue weighted by molar-refractivity contribution is 8.00. The van der Waals surface area contributed by atoms with Crippen LogP contribution in [0.25, 0.3) is 0 Å². The van der Waals surface area contributed by atoms with Crippen molar-refractivity contribution in [3.63, 3.8) is 0 Å². The van der Waals surface area contributed by atoms with E-state index in [9.17, 15) is 4.79 Å². The van der Waals surface area contributed by atoms with Gasteiger partial charge in [0, 0.05) is 16.6 Å². The van der Waals surface area contributed by atoms with E-state index >= 15 is 0 Å². The normalized spacial score (nSPS) is 10.3. The largest absolute Gasteiger partial charge is 0.493 e. The van der Waals surface area contributed by atoms with Crippen LogP contribution in [0.5, 0.6) is 11.5 Å². The van der Waals surface area contributed by atoms with Crippen molar-refractivity contribution >= 4 is 23.4 Å². The van der Waals surface area contributed by atoms with Gasteiger partial charge in [-0.15, -0.1) is 11.8 Å². The van der Waals surface area contributed by atoms with Crippen molar-refractivity contribution in [2.24, 2.45) is 0 Å². The SMILES string of the molecule is COc1ccc(NC(=O)CSc2cc(C)ccc2C)cc1OC. The monoisotopic (exact) mass is 331 g/mol. The molecule has 4 nitrogen and oxygen atoms in total. The molecular formula is C18H21NO3S. The predicted octanol–water partition coefficient (Wildman–Crippen LogP) is 4.05. The van der Waals surface area contributed by atoms with Crippen LogP contribution in [-0.4, -0.2) is 25.9 Å². The summed E-state index contributed by atoms with van der Waals surface area (Å²) in [5.41, 5.74) is 3.06. The number of thioether (sulfide) groups is 1. The van der Waals surface area contributed by atoms with E-state index in [2.05, 4.69) is 23.5 Å². The summed E-state index contributed by atoms with van der Waals surface area (Å²) in [7, 11) is 3.15. The van der Waals surface area contributed by atoms with Crippen LogP contribution in [0, 0.1) is 13.8 Å². The fraction of sp³-hybridized carbons (Fsp3) is 0.278. The zero-order valence-electron chi connectivity index (χ0n) is 13.8. The molecule has 0 saturated carbocycles. The summed E-state index contributed by atoms with van der Waals surface area (Å²) >= 11 is 1.54. The summed E-state index contributed by atoms with van der Waals surface area (Å²) in [4.78, 5) is 13.3. The molecule has 0 aromatic heterocycles. The average Bonchev–Trinajstić information content (AvgIpc) is 2.55. The zero-order chi connectivity index (χ0) is 16.8. The molecule has 0 aliphatic rings. The minimum Gasteiger partial charge on any atom is -0.493 e. The van der Waals surface area contributed by atoms with Gasteiger partial charge >= 0.3 is 0 Å². The van der Waals surface area contributed by atoms with Crippen LogP contribution in [0.2, 0.25) is 0 Å². The second-order valence-electron chi connectivity index (χ2n) is 5.18. The maximum atomic E-state index is 12.1. The molecule has 0 aliphatic heterocycles. The third-order valence-corrected chi connectivity index (χ3v) is 4.53. The first-order valence-electron chi connectivity index (χ1n) is 7.25. The van der Waals surface area contributed by atoms with Crippen molar-refractivity contribution in [2.45, 2.75) is 18.7 Å². The third kappa shape index (κ3) is 4.66. The van der Waals surface area contributed by atoms with E-state index in [-0.39, 0.29) is 5.91 Å². The Kier molecular flexibility index (Phi) is 5.93. The number of hydrogen-bond acceptors (Lipinski definition) is 4. The van der Waals surface area contributed by atoms with Crippen LogP contribution in [0.3, 0.4) is 0 Å². The van der Waals surface area contributed by atoms with Gasteiger partial charge in [-0.1, -0.05) is 17.7 Å². The van der Waals surface area contributed by atoms with Crippen LogP contribution < -0.4 is 14.8 Å². The van der Waals surface area contributed by atoms with E-state index in [1.807, 2.05) is 13.8 Å². The summed E-state index contributed by atoms with van der Waals surface area (Å²) in [5.74, 6) is 1.53. The Balaban J connectivity index is 1.98. The first kappa shape index (κ1) is 17.2. The molecule has 2 rings (SSSR count). The molecule has 0 fully saturated rings. The number of aryl methyl sites for hydroxylation is 2. The number of methoxy groups -OCH3 is 2. The molecule has 0 atom stereocenters. The second-order valence-corrected chi connectivity index (χ2v) is 6.19. The predicted molar refractivity (Wildman–Crippen MR) is 94.8 cm³/mol. The van der Waals surface area contributed by atoms with Gasteiger partial charge in [-0.2, -0.15) is 0 Å². The number of nitrogens with one attached hydrogen (secondary N) is 1. The Bertz CT molecular complexity index is 701. The number of hydrogen-bond donors (Lipinski definition) is 1. The summed E-state index contributed by atoms with van der Waals surface area (Å²) in [6.45, 7) is 4.10. The molecule has 2 aromatic carbocycles. The zero-order valence-corrected chi connectivity index (χ0v) is 14.6. The molecule has 122 valence electrons. The minimum absolute atomic E-state index is 0.0527. The fourth-order valence-corrected chi connectivity index (χ4v) is 3.04. The van der Waals surface area contributed by atoms with E-state index in [0.29, 0.717) is 22.9 Å². The lowest BCUT2D eigenvalue weighted by Crippen LogP contribution is -2.14.